The van der Waals surface area contributed by atoms with E-state index in [4.69, 9.17) is 5.73 Å². The van der Waals surface area contributed by atoms with E-state index in [0.717, 1.165) is 5.56 Å². The van der Waals surface area contributed by atoms with Crippen LogP contribution in [0.4, 0.5) is 4.39 Å². The molecule has 2 N–H and O–H groups in total. The summed E-state index contributed by atoms with van der Waals surface area (Å²) in [6, 6.07) is 6.90. The van der Waals surface area contributed by atoms with Gasteiger partial charge in [-0.05, 0) is 12.0 Å². The number of thioether (sulfide) groups is 1. The summed E-state index contributed by atoms with van der Waals surface area (Å²) in [4.78, 5) is 0. The third-order valence-electron chi connectivity index (χ3n) is 2.78. The van der Waals surface area contributed by atoms with Gasteiger partial charge >= 0.3 is 0 Å². The minimum Gasteiger partial charge on any atom is -0.329 e. The summed E-state index contributed by atoms with van der Waals surface area (Å²) < 4.78 is 13.6. The summed E-state index contributed by atoms with van der Waals surface area (Å²) >= 11 is 1.76. The van der Waals surface area contributed by atoms with Crippen molar-refractivity contribution in [3.05, 3.63) is 35.6 Å². The highest BCUT2D eigenvalue weighted by molar-refractivity contribution is 8.00. The molecule has 0 saturated heterocycles. The van der Waals surface area contributed by atoms with Crippen LogP contribution in [0.5, 0.6) is 0 Å². The molecule has 0 bridgehead atoms. The molecular formula is C13H20FNS. The SMILES string of the molecule is CC(C)C(C)SC(CN)c1ccccc1F. The van der Waals surface area contributed by atoms with E-state index in [1.165, 1.54) is 6.07 Å². The van der Waals surface area contributed by atoms with Gasteiger partial charge in [0.05, 0.1) is 0 Å². The van der Waals surface area contributed by atoms with Crippen LogP contribution < -0.4 is 5.73 Å². The quantitative estimate of drug-likeness (QED) is 0.852. The molecule has 1 nitrogen and oxygen atoms in total. The Balaban J connectivity index is 2.79. The normalized spacial score (nSPS) is 15.1. The van der Waals surface area contributed by atoms with E-state index in [-0.39, 0.29) is 11.1 Å². The summed E-state index contributed by atoms with van der Waals surface area (Å²) in [5, 5.41) is 0.534. The van der Waals surface area contributed by atoms with E-state index in [1.54, 1.807) is 17.8 Å². The molecule has 0 spiro atoms. The zero-order valence-corrected chi connectivity index (χ0v) is 10.9. The van der Waals surface area contributed by atoms with Crippen LogP contribution in [-0.4, -0.2) is 11.8 Å². The number of halogens is 1. The Bertz CT molecular complexity index is 327. The van der Waals surface area contributed by atoms with Gasteiger partial charge in [-0.25, -0.2) is 4.39 Å². The van der Waals surface area contributed by atoms with Crippen LogP contribution in [0.1, 0.15) is 31.6 Å². The number of hydrogen-bond acceptors (Lipinski definition) is 2. The molecule has 0 amide bonds. The summed E-state index contributed by atoms with van der Waals surface area (Å²) in [5.41, 5.74) is 6.46. The first-order valence-corrected chi connectivity index (χ1v) is 6.60. The molecule has 0 fully saturated rings. The number of nitrogens with two attached hydrogens (primary N) is 1. The average Bonchev–Trinajstić information content (AvgIpc) is 2.26. The van der Waals surface area contributed by atoms with Crippen molar-refractivity contribution in [2.45, 2.75) is 31.3 Å². The lowest BCUT2D eigenvalue weighted by molar-refractivity contribution is 0.604. The summed E-state index contributed by atoms with van der Waals surface area (Å²) in [6.45, 7) is 6.99. The maximum Gasteiger partial charge on any atom is 0.127 e. The predicted molar refractivity (Wildman–Crippen MR) is 70.1 cm³/mol. The van der Waals surface area contributed by atoms with Crippen LogP contribution in [0.25, 0.3) is 0 Å². The minimum absolute atomic E-state index is 0.0543. The fourth-order valence-electron chi connectivity index (χ4n) is 1.41. The molecule has 1 rings (SSSR count). The molecule has 90 valence electrons. The summed E-state index contributed by atoms with van der Waals surface area (Å²) in [7, 11) is 0. The van der Waals surface area contributed by atoms with Gasteiger partial charge in [0.2, 0.25) is 0 Å². The molecule has 1 aromatic rings. The molecule has 0 aliphatic carbocycles. The Hall–Kier alpha value is -0.540. The molecule has 0 aliphatic rings. The highest BCUT2D eigenvalue weighted by Gasteiger charge is 2.19. The minimum atomic E-state index is -0.151. The fraction of sp³-hybridized carbons (Fsp3) is 0.538. The van der Waals surface area contributed by atoms with Gasteiger partial charge in [-0.3, -0.25) is 0 Å². The molecule has 2 atom stereocenters. The number of benzene rings is 1. The van der Waals surface area contributed by atoms with E-state index in [1.807, 2.05) is 12.1 Å². The van der Waals surface area contributed by atoms with Gasteiger partial charge in [0.25, 0.3) is 0 Å². The van der Waals surface area contributed by atoms with Crippen molar-refractivity contribution in [3.63, 3.8) is 0 Å². The van der Waals surface area contributed by atoms with Crippen LogP contribution in [-0.2, 0) is 0 Å². The molecule has 3 heteroatoms. The second-order valence-corrected chi connectivity index (χ2v) is 5.92. The van der Waals surface area contributed by atoms with Crippen LogP contribution in [0.15, 0.2) is 24.3 Å². The van der Waals surface area contributed by atoms with Crippen LogP contribution in [0, 0.1) is 11.7 Å². The van der Waals surface area contributed by atoms with Crippen LogP contribution in [0.3, 0.4) is 0 Å². The maximum atomic E-state index is 13.6. The Labute approximate surface area is 102 Å². The molecule has 1 aromatic carbocycles. The second-order valence-electron chi connectivity index (χ2n) is 4.33. The van der Waals surface area contributed by atoms with E-state index in [0.29, 0.717) is 17.7 Å². The topological polar surface area (TPSA) is 26.0 Å². The molecule has 0 aliphatic heterocycles. The number of hydrogen-bond donors (Lipinski definition) is 1. The van der Waals surface area contributed by atoms with E-state index in [2.05, 4.69) is 20.8 Å². The number of rotatable bonds is 5. The lowest BCUT2D eigenvalue weighted by atomic mass is 10.1. The van der Waals surface area contributed by atoms with Crippen LogP contribution >= 0.6 is 11.8 Å². The molecule has 0 heterocycles. The van der Waals surface area contributed by atoms with Gasteiger partial charge in [0, 0.05) is 22.6 Å². The van der Waals surface area contributed by atoms with Gasteiger partial charge in [-0.2, -0.15) is 0 Å². The standard InChI is InChI=1S/C13H20FNS/c1-9(2)10(3)16-13(8-15)11-6-4-5-7-12(11)14/h4-7,9-10,13H,8,15H2,1-3H3. The third-order valence-corrected chi connectivity index (χ3v) is 4.53. The fourth-order valence-corrected chi connectivity index (χ4v) is 2.69. The van der Waals surface area contributed by atoms with Crippen LogP contribution in [0.2, 0.25) is 0 Å². The van der Waals surface area contributed by atoms with Gasteiger partial charge in [0.1, 0.15) is 5.82 Å². The molecule has 0 radical (unpaired) electrons. The van der Waals surface area contributed by atoms with Crippen molar-refractivity contribution < 1.29 is 4.39 Å². The first kappa shape index (κ1) is 13.5. The molecular weight excluding hydrogens is 221 g/mol. The smallest absolute Gasteiger partial charge is 0.127 e. The van der Waals surface area contributed by atoms with Gasteiger partial charge in [0.15, 0.2) is 0 Å². The molecule has 2 unspecified atom stereocenters. The van der Waals surface area contributed by atoms with E-state index < -0.39 is 0 Å². The van der Waals surface area contributed by atoms with E-state index >= 15 is 0 Å². The third kappa shape index (κ3) is 3.49. The molecule has 0 aromatic heterocycles. The van der Waals surface area contributed by atoms with Crippen molar-refractivity contribution in [2.75, 3.05) is 6.54 Å². The van der Waals surface area contributed by atoms with Crippen molar-refractivity contribution in [1.29, 1.82) is 0 Å². The summed E-state index contributed by atoms with van der Waals surface area (Å²) in [5.74, 6) is 0.423. The molecule has 0 saturated carbocycles. The highest BCUT2D eigenvalue weighted by Crippen LogP contribution is 2.35. The first-order valence-electron chi connectivity index (χ1n) is 5.66. The van der Waals surface area contributed by atoms with Gasteiger partial charge in [-0.15, -0.1) is 11.8 Å². The summed E-state index contributed by atoms with van der Waals surface area (Å²) in [6.07, 6.45) is 0. The zero-order valence-electron chi connectivity index (χ0n) is 10.1. The Morgan fingerprint density at radius 3 is 2.38 bits per heavy atom. The van der Waals surface area contributed by atoms with Crippen molar-refractivity contribution in [1.82, 2.24) is 0 Å². The highest BCUT2D eigenvalue weighted by atomic mass is 32.2. The largest absolute Gasteiger partial charge is 0.329 e. The Morgan fingerprint density at radius 2 is 1.88 bits per heavy atom. The maximum absolute atomic E-state index is 13.6. The average molecular weight is 241 g/mol. The van der Waals surface area contributed by atoms with E-state index in [9.17, 15) is 4.39 Å². The Morgan fingerprint density at radius 1 is 1.25 bits per heavy atom. The molecule has 16 heavy (non-hydrogen) atoms. The monoisotopic (exact) mass is 241 g/mol. The van der Waals surface area contributed by atoms with Gasteiger partial charge < -0.3 is 5.73 Å². The second kappa shape index (κ2) is 6.26. The van der Waals surface area contributed by atoms with Crippen molar-refractivity contribution >= 4 is 11.8 Å². The van der Waals surface area contributed by atoms with Crippen molar-refractivity contribution in [2.24, 2.45) is 11.7 Å². The van der Waals surface area contributed by atoms with Gasteiger partial charge in [-0.1, -0.05) is 39.0 Å². The first-order chi connectivity index (χ1) is 7.56. The lowest BCUT2D eigenvalue weighted by Gasteiger charge is -2.22. The lowest BCUT2D eigenvalue weighted by Crippen LogP contribution is -2.16. The predicted octanol–water partition coefficient (Wildman–Crippen LogP) is 3.60. The zero-order chi connectivity index (χ0) is 12.1. The van der Waals surface area contributed by atoms with Crippen molar-refractivity contribution in [3.8, 4) is 0 Å². The Kier molecular flexibility index (Phi) is 5.29.